The highest BCUT2D eigenvalue weighted by Crippen LogP contribution is 2.34. The normalized spacial score (nSPS) is 11.1. The number of methoxy groups -OCH3 is 2. The third-order valence-corrected chi connectivity index (χ3v) is 7.36. The maximum atomic E-state index is 13.5. The fourth-order valence-corrected chi connectivity index (χ4v) is 5.09. The molecule has 1 amide bonds. The average molecular weight is 608 g/mol. The monoisotopic (exact) mass is 607 g/mol. The number of hydrogen-bond acceptors (Lipinski definition) is 9. The molecule has 230 valence electrons. The van der Waals surface area contributed by atoms with Crippen molar-refractivity contribution in [1.82, 2.24) is 34.8 Å². The quantitative estimate of drug-likeness (QED) is 0.205. The summed E-state index contributed by atoms with van der Waals surface area (Å²) < 4.78 is 26.3. The van der Waals surface area contributed by atoms with Crippen LogP contribution in [-0.2, 0) is 19.7 Å². The van der Waals surface area contributed by atoms with E-state index in [9.17, 15) is 4.79 Å². The van der Waals surface area contributed by atoms with Gasteiger partial charge in [-0.15, -0.1) is 0 Å². The number of amides is 1. The van der Waals surface area contributed by atoms with Crippen LogP contribution in [0.1, 0.15) is 39.9 Å². The Morgan fingerprint density at radius 2 is 1.84 bits per heavy atom. The van der Waals surface area contributed by atoms with Gasteiger partial charge in [0.2, 0.25) is 0 Å². The average Bonchev–Trinajstić information content (AvgIpc) is 3.78. The first kappa shape index (κ1) is 29.4. The number of carbonyl (C=O) groups excluding carboxylic acids is 1. The number of nitrogens with one attached hydrogen (secondary N) is 1. The molecule has 1 N–H and O–H groups in total. The Kier molecular flexibility index (Phi) is 8.19. The number of fused-ring (bicyclic) bond motifs is 1. The molecule has 6 aromatic rings. The van der Waals surface area contributed by atoms with Crippen molar-refractivity contribution in [2.24, 2.45) is 0 Å². The lowest BCUT2D eigenvalue weighted by molar-refractivity contribution is 0.0947. The molecule has 0 unspecified atom stereocenters. The van der Waals surface area contributed by atoms with Crippen LogP contribution in [0.2, 0.25) is 0 Å². The van der Waals surface area contributed by atoms with Crippen molar-refractivity contribution in [1.29, 1.82) is 0 Å². The van der Waals surface area contributed by atoms with Crippen molar-refractivity contribution in [3.8, 4) is 34.7 Å². The Bertz CT molecular complexity index is 1980. The van der Waals surface area contributed by atoms with Crippen LogP contribution in [0.15, 0.2) is 71.5 Å². The lowest BCUT2D eigenvalue weighted by Crippen LogP contribution is -2.24. The summed E-state index contributed by atoms with van der Waals surface area (Å²) in [5.74, 6) is 2.19. The smallest absolute Gasteiger partial charge is 0.272 e. The molecule has 0 aliphatic heterocycles. The van der Waals surface area contributed by atoms with Crippen LogP contribution in [-0.4, -0.2) is 49.7 Å². The predicted octanol–water partition coefficient (Wildman–Crippen LogP) is 5.43. The summed E-state index contributed by atoms with van der Waals surface area (Å²) in [5, 5.41) is 12.9. The number of aromatic nitrogens is 6. The summed E-state index contributed by atoms with van der Waals surface area (Å²) in [6, 6.07) is 17.2. The predicted molar refractivity (Wildman–Crippen MR) is 167 cm³/mol. The molecule has 12 heteroatoms. The number of ether oxygens (including phenoxy) is 3. The van der Waals surface area contributed by atoms with Crippen LogP contribution in [0.3, 0.4) is 0 Å². The Morgan fingerprint density at radius 3 is 2.60 bits per heavy atom. The van der Waals surface area contributed by atoms with Crippen LogP contribution in [0.4, 0.5) is 0 Å². The number of benzene rings is 2. The van der Waals surface area contributed by atoms with Gasteiger partial charge in [0, 0.05) is 35.8 Å². The topological polar surface area (TPSA) is 131 Å². The molecule has 0 aliphatic rings. The van der Waals surface area contributed by atoms with E-state index in [1.807, 2.05) is 69.3 Å². The molecule has 0 fully saturated rings. The third-order valence-electron chi connectivity index (χ3n) is 7.36. The largest absolute Gasteiger partial charge is 0.497 e. The molecule has 0 spiro atoms. The minimum absolute atomic E-state index is 0.227. The van der Waals surface area contributed by atoms with Gasteiger partial charge >= 0.3 is 0 Å². The van der Waals surface area contributed by atoms with Crippen molar-refractivity contribution < 1.29 is 23.4 Å². The van der Waals surface area contributed by atoms with Crippen molar-refractivity contribution in [3.05, 3.63) is 95.3 Å². The van der Waals surface area contributed by atoms with Crippen LogP contribution in [0, 0.1) is 13.8 Å². The summed E-state index contributed by atoms with van der Waals surface area (Å²) in [6.45, 7) is 6.92. The molecule has 4 heterocycles. The van der Waals surface area contributed by atoms with E-state index < -0.39 is 0 Å². The van der Waals surface area contributed by atoms with Crippen LogP contribution in [0.5, 0.6) is 17.2 Å². The van der Waals surface area contributed by atoms with E-state index in [0.29, 0.717) is 58.7 Å². The van der Waals surface area contributed by atoms with Gasteiger partial charge in [0.25, 0.3) is 11.8 Å². The van der Waals surface area contributed by atoms with Crippen LogP contribution in [0.25, 0.3) is 28.3 Å². The fourth-order valence-electron chi connectivity index (χ4n) is 5.09. The van der Waals surface area contributed by atoms with Crippen molar-refractivity contribution in [2.45, 2.75) is 40.5 Å². The lowest BCUT2D eigenvalue weighted by Gasteiger charge is -2.11. The maximum absolute atomic E-state index is 13.5. The summed E-state index contributed by atoms with van der Waals surface area (Å²) in [7, 11) is 3.16. The Hall–Kier alpha value is -5.65. The first-order chi connectivity index (χ1) is 21.9. The molecule has 4 aromatic heterocycles. The van der Waals surface area contributed by atoms with Gasteiger partial charge in [-0.2, -0.15) is 15.2 Å². The van der Waals surface area contributed by atoms with E-state index in [-0.39, 0.29) is 18.1 Å². The SMILES string of the molecule is CCn1nc(C)c(OCc2ccccc2)c1-c1nc(-n2nc(C(=O)NCc3ccc(OC)cc3OC)c3cc(C)ncc32)co1. The van der Waals surface area contributed by atoms with Gasteiger partial charge in [-0.05, 0) is 44.5 Å². The van der Waals surface area contributed by atoms with Gasteiger partial charge in [0.05, 0.1) is 25.9 Å². The van der Waals surface area contributed by atoms with Gasteiger partial charge in [0.15, 0.2) is 23.0 Å². The Morgan fingerprint density at radius 1 is 1.02 bits per heavy atom. The van der Waals surface area contributed by atoms with Gasteiger partial charge in [-0.25, -0.2) is 4.68 Å². The zero-order valence-corrected chi connectivity index (χ0v) is 25.7. The van der Waals surface area contributed by atoms with Crippen molar-refractivity contribution >= 4 is 16.8 Å². The number of hydrogen-bond donors (Lipinski definition) is 1. The zero-order chi connectivity index (χ0) is 31.5. The molecule has 0 saturated carbocycles. The fraction of sp³-hybridized carbons (Fsp3) is 0.242. The van der Waals surface area contributed by atoms with E-state index in [2.05, 4.69) is 20.5 Å². The standard InChI is InChI=1S/C33H33N7O5/c1-6-39-30(31(21(3)37-39)44-18-22-10-8-7-9-11-22)33-36-28(19-45-33)40-26-17-34-20(2)14-25(26)29(38-40)32(41)35-16-23-12-13-24(42-4)15-27(23)43-5/h7-15,17,19H,6,16,18H2,1-5H3,(H,35,41). The molecule has 12 nitrogen and oxygen atoms in total. The highest BCUT2D eigenvalue weighted by atomic mass is 16.5. The van der Waals surface area contributed by atoms with Crippen molar-refractivity contribution in [2.75, 3.05) is 14.2 Å². The summed E-state index contributed by atoms with van der Waals surface area (Å²) >= 11 is 0. The second-order valence-electron chi connectivity index (χ2n) is 10.3. The number of oxazole rings is 1. The number of aryl methyl sites for hydroxylation is 3. The van der Waals surface area contributed by atoms with Crippen LogP contribution < -0.4 is 19.5 Å². The summed E-state index contributed by atoms with van der Waals surface area (Å²) in [5.41, 5.74) is 4.75. The molecule has 2 aromatic carbocycles. The van der Waals surface area contributed by atoms with Crippen molar-refractivity contribution in [3.63, 3.8) is 0 Å². The first-order valence-electron chi connectivity index (χ1n) is 14.4. The Labute approximate surface area is 259 Å². The molecule has 0 atom stereocenters. The van der Waals surface area contributed by atoms with E-state index in [0.717, 1.165) is 22.5 Å². The van der Waals surface area contributed by atoms with Gasteiger partial charge < -0.3 is 23.9 Å². The summed E-state index contributed by atoms with van der Waals surface area (Å²) in [4.78, 5) is 22.7. The lowest BCUT2D eigenvalue weighted by atomic mass is 10.1. The van der Waals surface area contributed by atoms with Gasteiger partial charge in [-0.3, -0.25) is 14.5 Å². The molecule has 45 heavy (non-hydrogen) atoms. The first-order valence-corrected chi connectivity index (χ1v) is 14.4. The highest BCUT2D eigenvalue weighted by Gasteiger charge is 2.25. The van der Waals surface area contributed by atoms with E-state index in [1.54, 1.807) is 35.8 Å². The van der Waals surface area contributed by atoms with E-state index in [4.69, 9.17) is 23.6 Å². The number of rotatable bonds is 11. The minimum atomic E-state index is -0.359. The van der Waals surface area contributed by atoms with Gasteiger partial charge in [-0.1, -0.05) is 30.3 Å². The highest BCUT2D eigenvalue weighted by molar-refractivity contribution is 6.05. The second-order valence-corrected chi connectivity index (χ2v) is 10.3. The number of pyridine rings is 1. The number of carbonyl (C=O) groups is 1. The molecule has 6 rings (SSSR count). The number of nitrogens with zero attached hydrogens (tertiary/aromatic N) is 6. The van der Waals surface area contributed by atoms with Crippen LogP contribution >= 0.6 is 0 Å². The molecule has 0 aliphatic carbocycles. The molecular weight excluding hydrogens is 574 g/mol. The van der Waals surface area contributed by atoms with Gasteiger partial charge in [0.1, 0.15) is 30.1 Å². The second kappa shape index (κ2) is 12.5. The molecule has 0 radical (unpaired) electrons. The zero-order valence-electron chi connectivity index (χ0n) is 25.7. The molecule has 0 saturated heterocycles. The van der Waals surface area contributed by atoms with E-state index >= 15 is 0 Å². The summed E-state index contributed by atoms with van der Waals surface area (Å²) in [6.07, 6.45) is 3.17. The molecule has 0 bridgehead atoms. The minimum Gasteiger partial charge on any atom is -0.497 e. The maximum Gasteiger partial charge on any atom is 0.272 e. The van der Waals surface area contributed by atoms with E-state index in [1.165, 1.54) is 6.26 Å². The molecular formula is C33H33N7O5. The third kappa shape index (κ3) is 5.81. The Balaban J connectivity index is 1.32.